The van der Waals surface area contributed by atoms with Crippen LogP contribution >= 0.6 is 0 Å². The summed E-state index contributed by atoms with van der Waals surface area (Å²) in [6.45, 7) is 3.54. The lowest BCUT2D eigenvalue weighted by Crippen LogP contribution is -2.36. The van der Waals surface area contributed by atoms with Crippen LogP contribution in [-0.2, 0) is 11.3 Å². The second kappa shape index (κ2) is 9.46. The first-order valence-corrected chi connectivity index (χ1v) is 11.1. The molecule has 3 aromatic carbocycles. The Kier molecular flexibility index (Phi) is 6.09. The van der Waals surface area contributed by atoms with E-state index < -0.39 is 0 Å². The van der Waals surface area contributed by atoms with Gasteiger partial charge in [0, 0.05) is 29.9 Å². The van der Waals surface area contributed by atoms with Gasteiger partial charge in [0.2, 0.25) is 0 Å². The van der Waals surface area contributed by atoms with Gasteiger partial charge in [0.25, 0.3) is 0 Å². The number of rotatable bonds is 6. The van der Waals surface area contributed by atoms with Crippen LogP contribution in [0.15, 0.2) is 71.7 Å². The van der Waals surface area contributed by atoms with E-state index in [1.54, 1.807) is 7.11 Å². The van der Waals surface area contributed by atoms with Crippen molar-refractivity contribution in [2.75, 3.05) is 38.3 Å². The summed E-state index contributed by atoms with van der Waals surface area (Å²) in [5.74, 6) is 1.35. The van der Waals surface area contributed by atoms with Gasteiger partial charge in [0.05, 0.1) is 38.1 Å². The Labute approximate surface area is 193 Å². The molecular formula is C27H26N2O4. The molecule has 0 atom stereocenters. The molecule has 6 nitrogen and oxygen atoms in total. The quantitative estimate of drug-likeness (QED) is 0.548. The van der Waals surface area contributed by atoms with E-state index in [1.165, 1.54) is 0 Å². The molecule has 0 unspecified atom stereocenters. The first kappa shape index (κ1) is 21.2. The molecule has 0 aliphatic carbocycles. The van der Waals surface area contributed by atoms with Gasteiger partial charge in [-0.25, -0.2) is 0 Å². The molecule has 0 aromatic heterocycles. The van der Waals surface area contributed by atoms with Gasteiger partial charge in [-0.05, 0) is 42.0 Å². The van der Waals surface area contributed by atoms with Crippen LogP contribution in [0.2, 0.25) is 0 Å². The SMILES string of the molecule is COc1cc(C2=Nc3ccc(N4CCOCC4)cc3C(=O)C2)ccc1OCc1ccccc1. The van der Waals surface area contributed by atoms with Gasteiger partial charge in [-0.2, -0.15) is 0 Å². The lowest BCUT2D eigenvalue weighted by atomic mass is 9.95. The fraction of sp³-hybridized carbons (Fsp3) is 0.259. The average molecular weight is 443 g/mol. The van der Waals surface area contributed by atoms with Crippen molar-refractivity contribution in [2.45, 2.75) is 13.0 Å². The maximum absolute atomic E-state index is 13.0. The van der Waals surface area contributed by atoms with Crippen LogP contribution in [0, 0.1) is 0 Å². The van der Waals surface area contributed by atoms with Crippen molar-refractivity contribution in [3.63, 3.8) is 0 Å². The van der Waals surface area contributed by atoms with Gasteiger partial charge in [-0.1, -0.05) is 30.3 Å². The third kappa shape index (κ3) is 4.61. The number of Topliss-reactive ketones (excluding diaryl/α,β-unsaturated/α-hetero) is 1. The number of hydrogen-bond donors (Lipinski definition) is 0. The molecule has 1 saturated heterocycles. The zero-order valence-electron chi connectivity index (χ0n) is 18.6. The Morgan fingerprint density at radius 2 is 1.79 bits per heavy atom. The van der Waals surface area contributed by atoms with E-state index in [-0.39, 0.29) is 12.2 Å². The van der Waals surface area contributed by atoms with Crippen LogP contribution < -0.4 is 14.4 Å². The van der Waals surface area contributed by atoms with Crippen LogP contribution in [0.1, 0.15) is 27.9 Å². The highest BCUT2D eigenvalue weighted by molar-refractivity contribution is 6.21. The fourth-order valence-electron chi connectivity index (χ4n) is 4.16. The zero-order chi connectivity index (χ0) is 22.6. The zero-order valence-corrected chi connectivity index (χ0v) is 18.6. The highest BCUT2D eigenvalue weighted by atomic mass is 16.5. The summed E-state index contributed by atoms with van der Waals surface area (Å²) in [5, 5.41) is 0. The number of carbonyl (C=O) groups excluding carboxylic acids is 1. The smallest absolute Gasteiger partial charge is 0.171 e. The lowest BCUT2D eigenvalue weighted by Gasteiger charge is -2.29. The average Bonchev–Trinajstić information content (AvgIpc) is 2.88. The minimum Gasteiger partial charge on any atom is -0.493 e. The number of benzene rings is 3. The van der Waals surface area contributed by atoms with Crippen molar-refractivity contribution in [3.05, 3.63) is 83.4 Å². The second-order valence-corrected chi connectivity index (χ2v) is 8.10. The summed E-state index contributed by atoms with van der Waals surface area (Å²) in [4.78, 5) is 20.1. The fourth-order valence-corrected chi connectivity index (χ4v) is 4.16. The van der Waals surface area contributed by atoms with E-state index >= 15 is 0 Å². The van der Waals surface area contributed by atoms with Crippen molar-refractivity contribution in [1.29, 1.82) is 0 Å². The minimum absolute atomic E-state index is 0.0773. The van der Waals surface area contributed by atoms with Crippen LogP contribution in [-0.4, -0.2) is 44.9 Å². The lowest BCUT2D eigenvalue weighted by molar-refractivity contribution is 0.1000. The van der Waals surface area contributed by atoms with E-state index in [4.69, 9.17) is 19.2 Å². The molecule has 0 spiro atoms. The van der Waals surface area contributed by atoms with Gasteiger partial charge in [-0.15, -0.1) is 0 Å². The second-order valence-electron chi connectivity index (χ2n) is 8.10. The highest BCUT2D eigenvalue weighted by Crippen LogP contribution is 2.34. The molecule has 0 N–H and O–H groups in total. The number of hydrogen-bond acceptors (Lipinski definition) is 6. The van der Waals surface area contributed by atoms with Gasteiger partial charge in [0.15, 0.2) is 17.3 Å². The first-order chi connectivity index (χ1) is 16.2. The molecule has 2 heterocycles. The van der Waals surface area contributed by atoms with E-state index in [0.29, 0.717) is 42.6 Å². The van der Waals surface area contributed by atoms with Gasteiger partial charge >= 0.3 is 0 Å². The molecule has 6 heteroatoms. The van der Waals surface area contributed by atoms with Crippen molar-refractivity contribution in [3.8, 4) is 11.5 Å². The van der Waals surface area contributed by atoms with Crippen LogP contribution in [0.4, 0.5) is 11.4 Å². The Bertz CT molecular complexity index is 1180. The first-order valence-electron chi connectivity index (χ1n) is 11.1. The molecule has 2 aliphatic rings. The van der Waals surface area contributed by atoms with E-state index in [1.807, 2.05) is 66.7 Å². The number of ketones is 1. The predicted molar refractivity (Wildman–Crippen MR) is 128 cm³/mol. The Morgan fingerprint density at radius 1 is 0.970 bits per heavy atom. The molecule has 0 saturated carbocycles. The molecule has 168 valence electrons. The molecule has 0 radical (unpaired) electrons. The van der Waals surface area contributed by atoms with Crippen molar-refractivity contribution in [1.82, 2.24) is 0 Å². The number of ether oxygens (including phenoxy) is 3. The van der Waals surface area contributed by atoms with E-state index in [2.05, 4.69) is 4.90 Å². The Balaban J connectivity index is 1.38. The Morgan fingerprint density at radius 3 is 2.58 bits per heavy atom. The largest absolute Gasteiger partial charge is 0.493 e. The monoisotopic (exact) mass is 442 g/mol. The van der Waals surface area contributed by atoms with Gasteiger partial charge in [0.1, 0.15) is 6.61 Å². The Hall–Kier alpha value is -3.64. The maximum atomic E-state index is 13.0. The van der Waals surface area contributed by atoms with E-state index in [0.717, 1.165) is 35.6 Å². The normalized spacial score (nSPS) is 15.6. The summed E-state index contributed by atoms with van der Waals surface area (Å²) < 4.78 is 17.0. The summed E-state index contributed by atoms with van der Waals surface area (Å²) in [6.07, 6.45) is 0.257. The molecular weight excluding hydrogens is 416 g/mol. The topological polar surface area (TPSA) is 60.4 Å². The number of anilines is 1. The summed E-state index contributed by atoms with van der Waals surface area (Å²) in [6, 6.07) is 21.6. The van der Waals surface area contributed by atoms with E-state index in [9.17, 15) is 4.79 Å². The number of morpholine rings is 1. The minimum atomic E-state index is 0.0773. The molecule has 0 amide bonds. The summed E-state index contributed by atoms with van der Waals surface area (Å²) in [5.41, 5.74) is 5.11. The number of nitrogens with zero attached hydrogens (tertiary/aromatic N) is 2. The van der Waals surface area contributed by atoms with Crippen molar-refractivity contribution in [2.24, 2.45) is 4.99 Å². The van der Waals surface area contributed by atoms with Crippen LogP contribution in [0.25, 0.3) is 0 Å². The standard InChI is InChI=1S/C27H26N2O4/c1-31-27-15-20(7-10-26(27)33-18-19-5-3-2-4-6-19)24-17-25(30)22-16-21(8-9-23(22)28-24)29-11-13-32-14-12-29/h2-10,15-16H,11-14,17-18H2,1H3. The number of aliphatic imine (C=N–C) groups is 1. The van der Waals surface area contributed by atoms with Gasteiger partial charge in [-0.3, -0.25) is 9.79 Å². The molecule has 3 aromatic rings. The predicted octanol–water partition coefficient (Wildman–Crippen LogP) is 4.82. The number of fused-ring (bicyclic) bond motifs is 1. The van der Waals surface area contributed by atoms with Crippen molar-refractivity contribution >= 4 is 22.9 Å². The maximum Gasteiger partial charge on any atom is 0.171 e. The number of carbonyl (C=O) groups is 1. The third-order valence-electron chi connectivity index (χ3n) is 5.97. The molecule has 2 aliphatic heterocycles. The number of methoxy groups -OCH3 is 1. The summed E-state index contributed by atoms with van der Waals surface area (Å²) >= 11 is 0. The van der Waals surface area contributed by atoms with Crippen LogP contribution in [0.3, 0.4) is 0 Å². The summed E-state index contributed by atoms with van der Waals surface area (Å²) in [7, 11) is 1.62. The van der Waals surface area contributed by atoms with Crippen molar-refractivity contribution < 1.29 is 19.0 Å². The third-order valence-corrected chi connectivity index (χ3v) is 5.97. The van der Waals surface area contributed by atoms with Crippen LogP contribution in [0.5, 0.6) is 11.5 Å². The molecule has 0 bridgehead atoms. The molecule has 33 heavy (non-hydrogen) atoms. The molecule has 1 fully saturated rings. The van der Waals surface area contributed by atoms with Gasteiger partial charge < -0.3 is 19.1 Å². The highest BCUT2D eigenvalue weighted by Gasteiger charge is 2.23. The molecule has 5 rings (SSSR count).